The maximum Gasteiger partial charge on any atom is 0.160 e. The van der Waals surface area contributed by atoms with Crippen molar-refractivity contribution in [1.82, 2.24) is 14.5 Å². The van der Waals surface area contributed by atoms with Crippen LogP contribution in [0.2, 0.25) is 0 Å². The third-order valence-corrected chi connectivity index (χ3v) is 8.53. The molecular weight excluding hydrogens is 562 g/mol. The van der Waals surface area contributed by atoms with E-state index in [9.17, 15) is 0 Å². The maximum absolute atomic E-state index is 6.53. The second kappa shape index (κ2) is 11.5. The van der Waals surface area contributed by atoms with Gasteiger partial charge < -0.3 is 9.30 Å². The molecule has 0 unspecified atom stereocenters. The Morgan fingerprint density at radius 1 is 0.630 bits per heavy atom. The molecule has 7 aromatic rings. The summed E-state index contributed by atoms with van der Waals surface area (Å²) in [6.07, 6.45) is 6.13. The summed E-state index contributed by atoms with van der Waals surface area (Å²) in [7, 11) is 0. The van der Waals surface area contributed by atoms with Crippen LogP contribution in [0.25, 0.3) is 67.1 Å². The van der Waals surface area contributed by atoms with E-state index < -0.39 is 0 Å². The van der Waals surface area contributed by atoms with Crippen molar-refractivity contribution in [3.8, 4) is 62.1 Å². The van der Waals surface area contributed by atoms with Gasteiger partial charge in [0.15, 0.2) is 5.82 Å². The molecule has 5 aromatic carbocycles. The van der Waals surface area contributed by atoms with Crippen molar-refractivity contribution in [3.63, 3.8) is 0 Å². The molecular formula is C42H31N3O. The van der Waals surface area contributed by atoms with Gasteiger partial charge in [-0.3, -0.25) is 0 Å². The monoisotopic (exact) mass is 593 g/mol. The summed E-state index contributed by atoms with van der Waals surface area (Å²) in [5, 5.41) is 1.19. The molecule has 0 fully saturated rings. The van der Waals surface area contributed by atoms with Crippen LogP contribution in [-0.2, 0) is 0 Å². The molecule has 0 radical (unpaired) electrons. The van der Waals surface area contributed by atoms with E-state index in [1.165, 1.54) is 10.9 Å². The summed E-state index contributed by atoms with van der Waals surface area (Å²) < 4.78 is 8.89. The minimum atomic E-state index is 0.707. The lowest BCUT2D eigenvalue weighted by molar-refractivity contribution is 0.487. The molecule has 0 spiro atoms. The number of para-hydroxylation sites is 3. The van der Waals surface area contributed by atoms with E-state index in [1.54, 1.807) is 0 Å². The fourth-order valence-electron chi connectivity index (χ4n) is 6.41. The summed E-state index contributed by atoms with van der Waals surface area (Å²) in [6, 6.07) is 46.3. The Kier molecular flexibility index (Phi) is 6.88. The van der Waals surface area contributed by atoms with E-state index in [-0.39, 0.29) is 0 Å². The van der Waals surface area contributed by atoms with Crippen molar-refractivity contribution in [2.24, 2.45) is 0 Å². The molecule has 1 aliphatic heterocycles. The van der Waals surface area contributed by atoms with E-state index in [1.807, 2.05) is 50.3 Å². The molecule has 0 saturated heterocycles. The van der Waals surface area contributed by atoms with E-state index in [0.29, 0.717) is 5.82 Å². The van der Waals surface area contributed by atoms with Crippen molar-refractivity contribution in [1.29, 1.82) is 0 Å². The highest BCUT2D eigenvalue weighted by Crippen LogP contribution is 2.51. The number of fused-ring (bicyclic) bond motifs is 7. The molecule has 0 atom stereocenters. The van der Waals surface area contributed by atoms with Crippen LogP contribution >= 0.6 is 0 Å². The Balaban J connectivity index is 1.32. The maximum atomic E-state index is 6.53. The second-order valence-corrected chi connectivity index (χ2v) is 11.3. The Bertz CT molecular complexity index is 2290. The van der Waals surface area contributed by atoms with Gasteiger partial charge >= 0.3 is 0 Å². The van der Waals surface area contributed by atoms with Gasteiger partial charge in [0.05, 0.1) is 22.6 Å². The van der Waals surface area contributed by atoms with Gasteiger partial charge in [-0.05, 0) is 56.3 Å². The Morgan fingerprint density at radius 2 is 1.24 bits per heavy atom. The average molecular weight is 594 g/mol. The molecule has 8 rings (SSSR count). The number of hydrogen-bond acceptors (Lipinski definition) is 3. The minimum Gasteiger partial charge on any atom is -0.456 e. The Hall–Kier alpha value is -6.00. The molecule has 3 heterocycles. The van der Waals surface area contributed by atoms with Crippen molar-refractivity contribution in [2.75, 3.05) is 0 Å². The number of nitrogens with zero attached hydrogens (tertiary/aromatic N) is 3. The quantitative estimate of drug-likeness (QED) is 0.186. The number of aromatic nitrogens is 3. The summed E-state index contributed by atoms with van der Waals surface area (Å²) in [4.78, 5) is 10.0. The van der Waals surface area contributed by atoms with E-state index in [0.717, 1.165) is 67.6 Å². The average Bonchev–Trinajstić information content (AvgIpc) is 3.38. The predicted molar refractivity (Wildman–Crippen MR) is 189 cm³/mol. The van der Waals surface area contributed by atoms with Crippen LogP contribution in [0.5, 0.6) is 11.5 Å². The molecule has 0 N–H and O–H groups in total. The Labute approximate surface area is 268 Å². The smallest absolute Gasteiger partial charge is 0.160 e. The molecule has 4 heteroatoms. The van der Waals surface area contributed by atoms with Gasteiger partial charge in [0, 0.05) is 44.5 Å². The Morgan fingerprint density at radius 3 is 1.96 bits per heavy atom. The van der Waals surface area contributed by atoms with Crippen molar-refractivity contribution >= 4 is 16.5 Å². The van der Waals surface area contributed by atoms with E-state index in [4.69, 9.17) is 14.7 Å². The fraction of sp³-hybridized carbons (Fsp3) is 0.0476. The van der Waals surface area contributed by atoms with Crippen molar-refractivity contribution in [2.45, 2.75) is 13.8 Å². The van der Waals surface area contributed by atoms with Crippen molar-refractivity contribution in [3.05, 3.63) is 158 Å². The highest BCUT2D eigenvalue weighted by Gasteiger charge is 2.28. The first-order chi connectivity index (χ1) is 22.7. The SMILES string of the molecule is C/C=C\C(=C/C)c1nc(-c2ccccc2)cc(-c2ccc(-n3c4c(c5ccccc53)-c3ccccc3Oc3ccccc3-4)cc2)n1. The van der Waals surface area contributed by atoms with Crippen molar-refractivity contribution < 1.29 is 4.74 Å². The van der Waals surface area contributed by atoms with Crippen LogP contribution in [0.15, 0.2) is 152 Å². The van der Waals surface area contributed by atoms with Crippen LogP contribution in [-0.4, -0.2) is 14.5 Å². The van der Waals surface area contributed by atoms with Gasteiger partial charge in [-0.2, -0.15) is 0 Å². The number of rotatable bonds is 5. The molecule has 1 aliphatic rings. The third-order valence-electron chi connectivity index (χ3n) is 8.53. The number of hydrogen-bond donors (Lipinski definition) is 0. The predicted octanol–water partition coefficient (Wildman–Crippen LogP) is 11.2. The largest absolute Gasteiger partial charge is 0.456 e. The van der Waals surface area contributed by atoms with Gasteiger partial charge in [0.2, 0.25) is 0 Å². The molecule has 0 amide bonds. The van der Waals surface area contributed by atoms with Gasteiger partial charge in [-0.1, -0.05) is 109 Å². The van der Waals surface area contributed by atoms with Gasteiger partial charge in [0.25, 0.3) is 0 Å². The lowest BCUT2D eigenvalue weighted by atomic mass is 9.98. The number of allylic oxidation sites excluding steroid dienone is 4. The molecule has 46 heavy (non-hydrogen) atoms. The summed E-state index contributed by atoms with van der Waals surface area (Å²) in [5.74, 6) is 2.41. The molecule has 0 bridgehead atoms. The van der Waals surface area contributed by atoms with Crippen LogP contribution in [0.4, 0.5) is 0 Å². The second-order valence-electron chi connectivity index (χ2n) is 11.3. The first-order valence-corrected chi connectivity index (χ1v) is 15.6. The number of benzene rings is 5. The summed E-state index contributed by atoms with van der Waals surface area (Å²) in [6.45, 7) is 4.03. The van der Waals surface area contributed by atoms with Crippen LogP contribution < -0.4 is 4.74 Å². The topological polar surface area (TPSA) is 39.9 Å². The van der Waals surface area contributed by atoms with E-state index in [2.05, 4.69) is 120 Å². The van der Waals surface area contributed by atoms with E-state index >= 15 is 0 Å². The standard InChI is InChI=1S/C42H31N3O/c1-3-14-28(4-2)42-43-35(29-15-6-5-7-16-29)27-36(44-42)30-23-25-31(26-24-30)45-37-20-11-8-17-32(37)40-33-18-9-12-21-38(33)46-39-22-13-10-19-34(39)41(40)45/h3-27H,1-2H3/b14-3-,28-4+. The highest BCUT2D eigenvalue weighted by molar-refractivity contribution is 6.08. The zero-order valence-corrected chi connectivity index (χ0v) is 25.7. The molecule has 2 aromatic heterocycles. The van der Waals surface area contributed by atoms with Crippen LogP contribution in [0, 0.1) is 0 Å². The van der Waals surface area contributed by atoms with Gasteiger partial charge in [-0.25, -0.2) is 9.97 Å². The number of ether oxygens (including phenoxy) is 1. The van der Waals surface area contributed by atoms with Crippen LogP contribution in [0.1, 0.15) is 19.7 Å². The summed E-state index contributed by atoms with van der Waals surface area (Å²) >= 11 is 0. The zero-order chi connectivity index (χ0) is 31.0. The summed E-state index contributed by atoms with van der Waals surface area (Å²) in [5.41, 5.74) is 11.5. The molecule has 0 aliphatic carbocycles. The van der Waals surface area contributed by atoms with Crippen LogP contribution in [0.3, 0.4) is 0 Å². The van der Waals surface area contributed by atoms with Gasteiger partial charge in [-0.15, -0.1) is 0 Å². The minimum absolute atomic E-state index is 0.707. The molecule has 4 nitrogen and oxygen atoms in total. The third kappa shape index (κ3) is 4.63. The first kappa shape index (κ1) is 27.5. The molecule has 0 saturated carbocycles. The van der Waals surface area contributed by atoms with Gasteiger partial charge in [0.1, 0.15) is 11.5 Å². The normalized spacial score (nSPS) is 12.3. The fourth-order valence-corrected chi connectivity index (χ4v) is 6.41. The highest BCUT2D eigenvalue weighted by atomic mass is 16.5. The molecule has 220 valence electrons. The lowest BCUT2D eigenvalue weighted by Gasteiger charge is -2.14. The first-order valence-electron chi connectivity index (χ1n) is 15.6. The lowest BCUT2D eigenvalue weighted by Crippen LogP contribution is -2.00. The zero-order valence-electron chi connectivity index (χ0n) is 25.7.